The maximum Gasteiger partial charge on any atom is 0.388 e. The number of nitro groups is 4. The molecule has 3 aromatic rings. The van der Waals surface area contributed by atoms with Crippen molar-refractivity contribution in [3.63, 3.8) is 0 Å². The van der Waals surface area contributed by atoms with E-state index in [0.29, 0.717) is 0 Å². The zero-order valence-electron chi connectivity index (χ0n) is 19.7. The van der Waals surface area contributed by atoms with E-state index in [1.165, 1.54) is 24.3 Å². The van der Waals surface area contributed by atoms with E-state index in [4.69, 9.17) is 18.9 Å². The number of carbonyl (C=O) groups excluding carboxylic acids is 2. The van der Waals surface area contributed by atoms with E-state index in [1.54, 1.807) is 0 Å². The van der Waals surface area contributed by atoms with Gasteiger partial charge in [-0.15, -0.1) is 0 Å². The molecule has 0 aliphatic carbocycles. The summed E-state index contributed by atoms with van der Waals surface area (Å²) in [6.07, 6.45) is 0. The van der Waals surface area contributed by atoms with Crippen LogP contribution in [0.25, 0.3) is 0 Å². The van der Waals surface area contributed by atoms with E-state index in [2.05, 4.69) is 0 Å². The molecule has 0 bridgehead atoms. The van der Waals surface area contributed by atoms with Crippen molar-refractivity contribution in [3.8, 4) is 23.0 Å². The molecule has 0 fully saturated rings. The number of hydrogen-bond donors (Lipinski definition) is 0. The maximum absolute atomic E-state index is 12.1. The molecule has 18 heteroatoms. The molecule has 3 rings (SSSR count). The molecule has 0 atom stereocenters. The van der Waals surface area contributed by atoms with Crippen molar-refractivity contribution in [2.45, 2.75) is 0 Å². The van der Waals surface area contributed by atoms with Gasteiger partial charge in [-0.3, -0.25) is 40.5 Å². The van der Waals surface area contributed by atoms with Crippen molar-refractivity contribution in [3.05, 3.63) is 101 Å². The highest BCUT2D eigenvalue weighted by atomic mass is 16.7. The predicted molar refractivity (Wildman–Crippen MR) is 128 cm³/mol. The zero-order chi connectivity index (χ0) is 29.4. The lowest BCUT2D eigenvalue weighted by Gasteiger charge is -2.10. The molecule has 0 aliphatic heterocycles. The Balaban J connectivity index is 1.60. The first-order valence-electron chi connectivity index (χ1n) is 10.6. The maximum atomic E-state index is 12.1. The third-order valence-corrected chi connectivity index (χ3v) is 4.68. The molecule has 0 heterocycles. The predicted octanol–water partition coefficient (Wildman–Crippen LogP) is 3.29. The SMILES string of the molecule is O=C(COc1cccc(OCC(=O)Oc2cccc([N+](=O)[O-])c2[N+](=O)[O-])c1)Oc1cccc([N+](=O)[O-])c1[N+](=O)[O-]. The molecule has 18 nitrogen and oxygen atoms in total. The summed E-state index contributed by atoms with van der Waals surface area (Å²) in [6, 6.07) is 11.3. The molecule has 0 amide bonds. The fourth-order valence-electron chi connectivity index (χ4n) is 3.09. The number of hydrogen-bond acceptors (Lipinski definition) is 14. The van der Waals surface area contributed by atoms with Crippen LogP contribution in [0.2, 0.25) is 0 Å². The van der Waals surface area contributed by atoms with Gasteiger partial charge in [0.25, 0.3) is 0 Å². The van der Waals surface area contributed by atoms with E-state index < -0.39 is 79.1 Å². The van der Waals surface area contributed by atoms with Gasteiger partial charge >= 0.3 is 34.7 Å². The van der Waals surface area contributed by atoms with Crippen LogP contribution in [0.3, 0.4) is 0 Å². The van der Waals surface area contributed by atoms with Crippen LogP contribution in [0.1, 0.15) is 0 Å². The van der Waals surface area contributed by atoms with Gasteiger partial charge in [0.1, 0.15) is 11.5 Å². The first-order chi connectivity index (χ1) is 19.0. The van der Waals surface area contributed by atoms with Gasteiger partial charge in [0.15, 0.2) is 13.2 Å². The third-order valence-electron chi connectivity index (χ3n) is 4.68. The molecule has 0 spiro atoms. The van der Waals surface area contributed by atoms with Crippen LogP contribution >= 0.6 is 0 Å². The zero-order valence-corrected chi connectivity index (χ0v) is 19.7. The van der Waals surface area contributed by atoms with E-state index in [9.17, 15) is 50.0 Å². The summed E-state index contributed by atoms with van der Waals surface area (Å²) in [7, 11) is 0. The number of rotatable bonds is 12. The van der Waals surface area contributed by atoms with Crippen molar-refractivity contribution in [1.82, 2.24) is 0 Å². The largest absolute Gasteiger partial charge is 0.482 e. The van der Waals surface area contributed by atoms with Crippen LogP contribution in [0, 0.1) is 40.5 Å². The molecule has 0 N–H and O–H groups in total. The summed E-state index contributed by atoms with van der Waals surface area (Å²) >= 11 is 0. The molecule has 0 radical (unpaired) electrons. The Morgan fingerprint density at radius 3 is 1.30 bits per heavy atom. The minimum atomic E-state index is -1.13. The molecule has 0 aliphatic rings. The van der Waals surface area contributed by atoms with Gasteiger partial charge in [-0.2, -0.15) is 0 Å². The number of carbonyl (C=O) groups is 2. The Hall–Kier alpha value is -6.20. The highest BCUT2D eigenvalue weighted by molar-refractivity contribution is 5.77. The lowest BCUT2D eigenvalue weighted by atomic mass is 10.2. The van der Waals surface area contributed by atoms with Crippen LogP contribution in [-0.4, -0.2) is 44.8 Å². The van der Waals surface area contributed by atoms with Gasteiger partial charge in [0, 0.05) is 18.2 Å². The monoisotopic (exact) mass is 558 g/mol. The Labute approximate surface area is 220 Å². The molecule has 40 heavy (non-hydrogen) atoms. The van der Waals surface area contributed by atoms with Crippen molar-refractivity contribution in [2.75, 3.05) is 13.2 Å². The summed E-state index contributed by atoms with van der Waals surface area (Å²) in [5.41, 5.74) is -3.78. The number of nitro benzene ring substituents is 4. The molecular formula is C22H14N4O14. The van der Waals surface area contributed by atoms with E-state index in [1.807, 2.05) is 0 Å². The Morgan fingerprint density at radius 1 is 0.575 bits per heavy atom. The highest BCUT2D eigenvalue weighted by Crippen LogP contribution is 2.37. The minimum absolute atomic E-state index is 0.0191. The average Bonchev–Trinajstić information content (AvgIpc) is 2.90. The normalized spacial score (nSPS) is 10.2. The van der Waals surface area contributed by atoms with E-state index >= 15 is 0 Å². The Morgan fingerprint density at radius 2 is 0.950 bits per heavy atom. The van der Waals surface area contributed by atoms with Gasteiger partial charge in [-0.05, 0) is 24.3 Å². The van der Waals surface area contributed by atoms with Crippen molar-refractivity contribution >= 4 is 34.7 Å². The van der Waals surface area contributed by atoms with Gasteiger partial charge in [0.2, 0.25) is 11.5 Å². The van der Waals surface area contributed by atoms with E-state index in [-0.39, 0.29) is 11.5 Å². The van der Waals surface area contributed by atoms with Crippen LogP contribution in [0.5, 0.6) is 23.0 Å². The number of esters is 2. The molecule has 0 saturated heterocycles. The van der Waals surface area contributed by atoms with Crippen LogP contribution in [0.15, 0.2) is 60.7 Å². The van der Waals surface area contributed by atoms with Crippen molar-refractivity contribution < 1.29 is 48.2 Å². The summed E-state index contributed by atoms with van der Waals surface area (Å²) in [4.78, 5) is 64.6. The first kappa shape index (κ1) is 28.4. The standard InChI is InChI=1S/C22H14N4O14/c27-19(39-17-8-2-6-15(23(29)30)21(17)25(33)34)11-37-13-4-1-5-14(10-13)38-12-20(28)40-18-9-3-7-16(24(31)32)22(18)26(35)36/h1-10H,11-12H2. The first-order valence-corrected chi connectivity index (χ1v) is 10.6. The Bertz CT molecular complexity index is 1410. The number of para-hydroxylation sites is 2. The van der Waals surface area contributed by atoms with Gasteiger partial charge in [-0.25, -0.2) is 9.59 Å². The van der Waals surface area contributed by atoms with Crippen LogP contribution in [-0.2, 0) is 9.59 Å². The van der Waals surface area contributed by atoms with Gasteiger partial charge in [0.05, 0.1) is 19.7 Å². The lowest BCUT2D eigenvalue weighted by molar-refractivity contribution is -0.423. The summed E-state index contributed by atoms with van der Waals surface area (Å²) < 4.78 is 20.1. The fourth-order valence-corrected chi connectivity index (χ4v) is 3.09. The molecular weight excluding hydrogens is 544 g/mol. The van der Waals surface area contributed by atoms with Crippen LogP contribution < -0.4 is 18.9 Å². The van der Waals surface area contributed by atoms with Gasteiger partial charge < -0.3 is 18.9 Å². The molecule has 0 aromatic heterocycles. The second-order valence-electron chi connectivity index (χ2n) is 7.28. The van der Waals surface area contributed by atoms with Crippen molar-refractivity contribution in [2.24, 2.45) is 0 Å². The van der Waals surface area contributed by atoms with Crippen LogP contribution in [0.4, 0.5) is 22.7 Å². The Kier molecular flexibility index (Phi) is 8.77. The van der Waals surface area contributed by atoms with Gasteiger partial charge in [-0.1, -0.05) is 18.2 Å². The quantitative estimate of drug-likeness (QED) is 0.134. The van der Waals surface area contributed by atoms with Crippen molar-refractivity contribution in [1.29, 1.82) is 0 Å². The number of benzene rings is 3. The lowest BCUT2D eigenvalue weighted by Crippen LogP contribution is -2.19. The summed E-state index contributed by atoms with van der Waals surface area (Å²) in [5.74, 6) is -3.54. The third kappa shape index (κ3) is 6.97. The number of ether oxygens (including phenoxy) is 4. The summed E-state index contributed by atoms with van der Waals surface area (Å²) in [6.45, 7) is -1.55. The molecule has 0 unspecified atom stereocenters. The molecule has 0 saturated carbocycles. The second-order valence-corrected chi connectivity index (χ2v) is 7.28. The molecule has 206 valence electrons. The fraction of sp³-hybridized carbons (Fsp3) is 0.0909. The minimum Gasteiger partial charge on any atom is -0.482 e. The summed E-state index contributed by atoms with van der Waals surface area (Å²) in [5, 5.41) is 44.5. The second kappa shape index (κ2) is 12.4. The topological polar surface area (TPSA) is 244 Å². The molecule has 3 aromatic carbocycles. The smallest absolute Gasteiger partial charge is 0.388 e. The average molecular weight is 558 g/mol. The number of nitrogens with zero attached hydrogens (tertiary/aromatic N) is 4. The highest BCUT2D eigenvalue weighted by Gasteiger charge is 2.32. The van der Waals surface area contributed by atoms with E-state index in [0.717, 1.165) is 36.4 Å².